The van der Waals surface area contributed by atoms with Crippen LogP contribution in [-0.4, -0.2) is 36.8 Å². The summed E-state index contributed by atoms with van der Waals surface area (Å²) >= 11 is 0. The number of rotatable bonds is 5. The summed E-state index contributed by atoms with van der Waals surface area (Å²) in [6.07, 6.45) is -0.667. The van der Waals surface area contributed by atoms with Crippen molar-refractivity contribution in [3.8, 4) is 0 Å². The number of halogens is 3. The Morgan fingerprint density at radius 1 is 1.47 bits per heavy atom. The molecule has 0 radical (unpaired) electrons. The third-order valence-electron chi connectivity index (χ3n) is 1.33. The highest BCUT2D eigenvalue weighted by molar-refractivity contribution is 8.01. The highest BCUT2D eigenvalue weighted by atomic mass is 32.3. The van der Waals surface area contributed by atoms with Gasteiger partial charge in [-0.25, -0.2) is 12.6 Å². The van der Waals surface area contributed by atoms with Crippen LogP contribution in [0.1, 0.15) is 0 Å². The maximum absolute atomic E-state index is 11.9. The molecule has 0 bridgehead atoms. The first-order chi connectivity index (χ1) is 6.79. The Labute approximate surface area is 83.7 Å². The third kappa shape index (κ3) is 3.59. The van der Waals surface area contributed by atoms with Gasteiger partial charge in [0, 0.05) is 0 Å². The molecule has 90 valence electrons. The third-order valence-corrected chi connectivity index (χ3v) is 4.50. The number of hydrogen-bond acceptors (Lipinski definition) is 5. The zero-order valence-electron chi connectivity index (χ0n) is 7.01. The predicted molar refractivity (Wildman–Crippen MR) is 42.3 cm³/mol. The van der Waals surface area contributed by atoms with Gasteiger partial charge in [-0.1, -0.05) is 8.16 Å². The summed E-state index contributed by atoms with van der Waals surface area (Å²) in [6, 6.07) is 0. The van der Waals surface area contributed by atoms with E-state index in [0.717, 1.165) is 0 Å². The Balaban J connectivity index is 2.96. The summed E-state index contributed by atoms with van der Waals surface area (Å²) < 4.78 is 77.2. The minimum atomic E-state index is -5.14. The lowest BCUT2D eigenvalue weighted by Crippen LogP contribution is -2.17. The van der Waals surface area contributed by atoms with Gasteiger partial charge in [0.05, 0.1) is 12.7 Å². The first-order valence-corrected chi connectivity index (χ1v) is 6.60. The maximum Gasteiger partial charge on any atom is 0.346 e. The summed E-state index contributed by atoms with van der Waals surface area (Å²) in [7, 11) is -9.59. The minimum Gasteiger partial charge on any atom is -0.372 e. The molecule has 0 aliphatic carbocycles. The summed E-state index contributed by atoms with van der Waals surface area (Å²) in [5, 5.41) is 0. The van der Waals surface area contributed by atoms with Gasteiger partial charge in [-0.15, -0.1) is 0 Å². The normalized spacial score (nSPS) is 24.9. The molecule has 1 fully saturated rings. The fraction of sp³-hybridized carbons (Fsp3) is 1.00. The Bertz CT molecular complexity index is 435. The van der Waals surface area contributed by atoms with E-state index >= 15 is 0 Å². The lowest BCUT2D eigenvalue weighted by Gasteiger charge is -2.01. The van der Waals surface area contributed by atoms with Crippen molar-refractivity contribution in [3.63, 3.8) is 0 Å². The molecule has 0 aromatic carbocycles. The van der Waals surface area contributed by atoms with E-state index in [4.69, 9.17) is 0 Å². The van der Waals surface area contributed by atoms with Crippen LogP contribution in [0.5, 0.6) is 0 Å². The lowest BCUT2D eigenvalue weighted by molar-refractivity contribution is -0.000782. The SMILES string of the molecule is O=S(=O)(CC1CO1)N=S(=O)(OF)C(F)F. The molecule has 2 atom stereocenters. The van der Waals surface area contributed by atoms with Crippen molar-refractivity contribution in [1.29, 1.82) is 0 Å². The molecule has 2 unspecified atom stereocenters. The molecule has 1 rings (SSSR count). The summed E-state index contributed by atoms with van der Waals surface area (Å²) in [5.74, 6) is -4.57. The van der Waals surface area contributed by atoms with E-state index in [2.05, 4.69) is 12.9 Å². The molecule has 1 saturated heterocycles. The van der Waals surface area contributed by atoms with Gasteiger partial charge < -0.3 is 4.74 Å². The Hall–Kier alpha value is -0.390. The second kappa shape index (κ2) is 4.23. The van der Waals surface area contributed by atoms with Crippen molar-refractivity contribution >= 4 is 20.0 Å². The molecule has 11 heteroatoms. The van der Waals surface area contributed by atoms with Gasteiger partial charge in [-0.3, -0.25) is 0 Å². The Morgan fingerprint density at radius 2 is 2.00 bits per heavy atom. The predicted octanol–water partition coefficient (Wildman–Crippen LogP) is 0.222. The topological polar surface area (TPSA) is 85.3 Å². The van der Waals surface area contributed by atoms with Crippen molar-refractivity contribution < 1.29 is 35.1 Å². The van der Waals surface area contributed by atoms with Crippen LogP contribution in [-0.2, 0) is 29.2 Å². The highest BCUT2D eigenvalue weighted by Gasteiger charge is 2.33. The summed E-state index contributed by atoms with van der Waals surface area (Å²) in [4.78, 5) is 0. The van der Waals surface area contributed by atoms with Crippen LogP contribution >= 0.6 is 0 Å². The molecule has 0 amide bonds. The van der Waals surface area contributed by atoms with Gasteiger partial charge in [-0.2, -0.15) is 8.78 Å². The van der Waals surface area contributed by atoms with Crippen LogP contribution in [0.3, 0.4) is 0 Å². The van der Waals surface area contributed by atoms with Gasteiger partial charge in [0.25, 0.3) is 20.0 Å². The van der Waals surface area contributed by atoms with Crippen LogP contribution < -0.4 is 0 Å². The summed E-state index contributed by atoms with van der Waals surface area (Å²) in [5.41, 5.74) is 0. The van der Waals surface area contributed by atoms with E-state index in [1.165, 1.54) is 0 Å². The molecular weight excluding hydrogens is 263 g/mol. The van der Waals surface area contributed by atoms with E-state index in [0.29, 0.717) is 0 Å². The molecule has 1 heterocycles. The zero-order valence-corrected chi connectivity index (χ0v) is 8.64. The van der Waals surface area contributed by atoms with Gasteiger partial charge in [0.1, 0.15) is 5.75 Å². The fourth-order valence-corrected chi connectivity index (χ4v) is 3.24. The highest BCUT2D eigenvalue weighted by Crippen LogP contribution is 2.18. The van der Waals surface area contributed by atoms with Crippen molar-refractivity contribution in [2.24, 2.45) is 3.77 Å². The average Bonchev–Trinajstić information content (AvgIpc) is 2.86. The molecule has 6 nitrogen and oxygen atoms in total. The maximum atomic E-state index is 11.9. The number of ether oxygens (including phenoxy) is 1. The van der Waals surface area contributed by atoms with Crippen LogP contribution in [0.25, 0.3) is 0 Å². The number of nitrogens with zero attached hydrogens (tertiary/aromatic N) is 1. The molecule has 0 saturated carbocycles. The molecule has 1 aliphatic rings. The standard InChI is InChI=1S/C4H6F3NO5S2/c5-4(6)15(11,13-7)8-14(9,10)2-3-1-12-3/h3-4H,1-2H2. The number of sulfonamides is 1. The van der Waals surface area contributed by atoms with Crippen molar-refractivity contribution in [2.75, 3.05) is 12.4 Å². The molecule has 0 spiro atoms. The van der Waals surface area contributed by atoms with Crippen molar-refractivity contribution in [2.45, 2.75) is 11.9 Å². The number of hydrogen-bond donors (Lipinski definition) is 0. The Morgan fingerprint density at radius 3 is 2.33 bits per heavy atom. The zero-order chi connectivity index (χ0) is 11.7. The van der Waals surface area contributed by atoms with E-state index in [1.807, 2.05) is 0 Å². The largest absolute Gasteiger partial charge is 0.372 e. The van der Waals surface area contributed by atoms with Crippen molar-refractivity contribution in [1.82, 2.24) is 0 Å². The van der Waals surface area contributed by atoms with Gasteiger partial charge in [0.2, 0.25) is 0 Å². The minimum absolute atomic E-state index is 0.140. The second-order valence-electron chi connectivity index (χ2n) is 2.62. The quantitative estimate of drug-likeness (QED) is 0.666. The van der Waals surface area contributed by atoms with Gasteiger partial charge >= 0.3 is 5.76 Å². The number of epoxide rings is 1. The molecule has 15 heavy (non-hydrogen) atoms. The number of alkyl halides is 2. The first-order valence-electron chi connectivity index (χ1n) is 3.49. The first kappa shape index (κ1) is 12.7. The van der Waals surface area contributed by atoms with E-state index in [1.54, 1.807) is 0 Å². The fourth-order valence-electron chi connectivity index (χ4n) is 0.659. The molecular formula is C4H6F3NO5S2. The van der Waals surface area contributed by atoms with Gasteiger partial charge in [-0.05, 0) is 4.53 Å². The van der Waals surface area contributed by atoms with Crippen LogP contribution in [0, 0.1) is 0 Å². The monoisotopic (exact) mass is 269 g/mol. The van der Waals surface area contributed by atoms with E-state index < -0.39 is 37.6 Å². The van der Waals surface area contributed by atoms with Crippen LogP contribution in [0.4, 0.5) is 13.3 Å². The molecule has 1 aliphatic heterocycles. The van der Waals surface area contributed by atoms with E-state index in [9.17, 15) is 25.9 Å². The van der Waals surface area contributed by atoms with Crippen LogP contribution in [0.2, 0.25) is 0 Å². The molecule has 0 aromatic rings. The lowest BCUT2D eigenvalue weighted by atomic mass is 10.6. The van der Waals surface area contributed by atoms with E-state index in [-0.39, 0.29) is 6.61 Å². The molecule has 0 N–H and O–H groups in total. The van der Waals surface area contributed by atoms with Crippen molar-refractivity contribution in [3.05, 3.63) is 0 Å². The average molecular weight is 269 g/mol. The second-order valence-corrected chi connectivity index (χ2v) is 6.22. The van der Waals surface area contributed by atoms with Crippen LogP contribution in [0.15, 0.2) is 3.77 Å². The molecule has 0 aromatic heterocycles. The Kier molecular flexibility index (Phi) is 3.58. The summed E-state index contributed by atoms with van der Waals surface area (Å²) in [6.45, 7) is 0.140. The smallest absolute Gasteiger partial charge is 0.346 e. The van der Waals surface area contributed by atoms with Gasteiger partial charge in [0.15, 0.2) is 0 Å².